The molecule has 0 aliphatic rings. The van der Waals surface area contributed by atoms with E-state index in [2.05, 4.69) is 12.2 Å². The molecule has 0 unspecified atom stereocenters. The molecule has 0 rings (SSSR count). The Kier molecular flexibility index (Phi) is 6.85. The van der Waals surface area contributed by atoms with Crippen molar-refractivity contribution in [2.75, 3.05) is 20.1 Å². The minimum atomic E-state index is -0.975. The predicted molar refractivity (Wildman–Crippen MR) is 69.6 cm³/mol. The Hall–Kier alpha value is -1.06. The van der Waals surface area contributed by atoms with Gasteiger partial charge < -0.3 is 10.2 Å². The van der Waals surface area contributed by atoms with Gasteiger partial charge in [-0.15, -0.1) is 0 Å². The first-order chi connectivity index (χ1) is 7.87. The maximum atomic E-state index is 12.1. The SMILES string of the molecule is CCCCN(C)C(=O)C(C)(C)C(=O)NCCC. The van der Waals surface area contributed by atoms with E-state index in [1.54, 1.807) is 25.8 Å². The second-order valence-electron chi connectivity index (χ2n) is 4.96. The number of amides is 2. The minimum Gasteiger partial charge on any atom is -0.355 e. The van der Waals surface area contributed by atoms with Crippen molar-refractivity contribution < 1.29 is 9.59 Å². The van der Waals surface area contributed by atoms with Crippen LogP contribution in [0.5, 0.6) is 0 Å². The molecule has 0 saturated carbocycles. The van der Waals surface area contributed by atoms with Crippen LogP contribution in [-0.4, -0.2) is 36.9 Å². The molecule has 0 atom stereocenters. The van der Waals surface area contributed by atoms with Crippen molar-refractivity contribution in [3.8, 4) is 0 Å². The summed E-state index contributed by atoms with van der Waals surface area (Å²) in [5, 5.41) is 2.78. The maximum absolute atomic E-state index is 12.1. The first-order valence-corrected chi connectivity index (χ1v) is 6.41. The van der Waals surface area contributed by atoms with Crippen molar-refractivity contribution >= 4 is 11.8 Å². The fraction of sp³-hybridized carbons (Fsp3) is 0.846. The van der Waals surface area contributed by atoms with Gasteiger partial charge in [0.1, 0.15) is 5.41 Å². The molecular formula is C13H26N2O2. The highest BCUT2D eigenvalue weighted by atomic mass is 16.2. The summed E-state index contributed by atoms with van der Waals surface area (Å²) in [5.74, 6) is -0.299. The lowest BCUT2D eigenvalue weighted by molar-refractivity contribution is -0.147. The fourth-order valence-corrected chi connectivity index (χ4v) is 1.53. The van der Waals surface area contributed by atoms with E-state index in [-0.39, 0.29) is 11.8 Å². The Labute approximate surface area is 105 Å². The number of rotatable bonds is 7. The Morgan fingerprint density at radius 1 is 1.18 bits per heavy atom. The molecule has 0 aliphatic carbocycles. The van der Waals surface area contributed by atoms with E-state index < -0.39 is 5.41 Å². The Morgan fingerprint density at radius 3 is 2.24 bits per heavy atom. The summed E-state index contributed by atoms with van der Waals surface area (Å²) in [6.07, 6.45) is 2.89. The monoisotopic (exact) mass is 242 g/mol. The molecule has 0 radical (unpaired) electrons. The molecule has 0 aromatic heterocycles. The number of nitrogens with zero attached hydrogens (tertiary/aromatic N) is 1. The van der Waals surface area contributed by atoms with Crippen molar-refractivity contribution in [3.63, 3.8) is 0 Å². The summed E-state index contributed by atoms with van der Waals surface area (Å²) >= 11 is 0. The Balaban J connectivity index is 4.46. The Bertz CT molecular complexity index is 262. The molecular weight excluding hydrogens is 216 g/mol. The van der Waals surface area contributed by atoms with Gasteiger partial charge in [-0.25, -0.2) is 0 Å². The number of carbonyl (C=O) groups is 2. The van der Waals surface area contributed by atoms with E-state index in [1.807, 2.05) is 6.92 Å². The average Bonchev–Trinajstić information content (AvgIpc) is 2.31. The molecule has 4 nitrogen and oxygen atoms in total. The lowest BCUT2D eigenvalue weighted by Crippen LogP contribution is -2.48. The van der Waals surface area contributed by atoms with Crippen LogP contribution in [0.4, 0.5) is 0 Å². The molecule has 0 bridgehead atoms. The van der Waals surface area contributed by atoms with Crippen molar-refractivity contribution in [2.45, 2.75) is 47.0 Å². The fourth-order valence-electron chi connectivity index (χ4n) is 1.53. The molecule has 0 spiro atoms. The number of unbranched alkanes of at least 4 members (excludes halogenated alkanes) is 1. The molecule has 0 saturated heterocycles. The van der Waals surface area contributed by atoms with E-state index >= 15 is 0 Å². The summed E-state index contributed by atoms with van der Waals surface area (Å²) < 4.78 is 0. The van der Waals surface area contributed by atoms with Gasteiger partial charge in [0.05, 0.1) is 0 Å². The molecule has 0 aliphatic heterocycles. The standard InChI is InChI=1S/C13H26N2O2/c1-6-8-10-15(5)12(17)13(3,4)11(16)14-9-7-2/h6-10H2,1-5H3,(H,14,16). The van der Waals surface area contributed by atoms with Crippen LogP contribution >= 0.6 is 0 Å². The van der Waals surface area contributed by atoms with Gasteiger partial charge >= 0.3 is 0 Å². The quantitative estimate of drug-likeness (QED) is 0.692. The van der Waals surface area contributed by atoms with Crippen LogP contribution in [0.1, 0.15) is 47.0 Å². The molecule has 0 aromatic carbocycles. The maximum Gasteiger partial charge on any atom is 0.237 e. The number of hydrogen-bond donors (Lipinski definition) is 1. The molecule has 2 amide bonds. The molecule has 17 heavy (non-hydrogen) atoms. The lowest BCUT2D eigenvalue weighted by Gasteiger charge is -2.28. The van der Waals surface area contributed by atoms with Crippen LogP contribution in [0.25, 0.3) is 0 Å². The van der Waals surface area contributed by atoms with E-state index in [4.69, 9.17) is 0 Å². The van der Waals surface area contributed by atoms with Crippen molar-refractivity contribution in [3.05, 3.63) is 0 Å². The van der Waals surface area contributed by atoms with Gasteiger partial charge in [-0.2, -0.15) is 0 Å². The summed E-state index contributed by atoms with van der Waals surface area (Å²) in [5.41, 5.74) is -0.975. The van der Waals surface area contributed by atoms with Gasteiger partial charge in [0, 0.05) is 20.1 Å². The average molecular weight is 242 g/mol. The highest BCUT2D eigenvalue weighted by molar-refractivity contribution is 6.04. The minimum absolute atomic E-state index is 0.112. The third kappa shape index (κ3) is 4.75. The van der Waals surface area contributed by atoms with Gasteiger partial charge in [-0.3, -0.25) is 9.59 Å². The number of nitrogens with one attached hydrogen (secondary N) is 1. The van der Waals surface area contributed by atoms with Gasteiger partial charge in [-0.05, 0) is 26.7 Å². The zero-order chi connectivity index (χ0) is 13.5. The van der Waals surface area contributed by atoms with Crippen LogP contribution in [0.2, 0.25) is 0 Å². The number of hydrogen-bond acceptors (Lipinski definition) is 2. The predicted octanol–water partition coefficient (Wildman–Crippen LogP) is 1.80. The summed E-state index contributed by atoms with van der Waals surface area (Å²) in [4.78, 5) is 25.7. The molecule has 0 heterocycles. The van der Waals surface area contributed by atoms with Crippen LogP contribution in [-0.2, 0) is 9.59 Å². The highest BCUT2D eigenvalue weighted by Crippen LogP contribution is 2.18. The highest BCUT2D eigenvalue weighted by Gasteiger charge is 2.37. The van der Waals surface area contributed by atoms with Crippen LogP contribution in [0, 0.1) is 5.41 Å². The zero-order valence-electron chi connectivity index (χ0n) is 11.8. The molecule has 0 aromatic rings. The van der Waals surface area contributed by atoms with E-state index in [0.717, 1.165) is 19.3 Å². The van der Waals surface area contributed by atoms with Crippen molar-refractivity contribution in [1.29, 1.82) is 0 Å². The van der Waals surface area contributed by atoms with E-state index in [0.29, 0.717) is 13.1 Å². The topological polar surface area (TPSA) is 49.4 Å². The van der Waals surface area contributed by atoms with Gasteiger partial charge in [-0.1, -0.05) is 20.3 Å². The summed E-state index contributed by atoms with van der Waals surface area (Å²) in [6, 6.07) is 0. The van der Waals surface area contributed by atoms with Gasteiger partial charge in [0.25, 0.3) is 0 Å². The first-order valence-electron chi connectivity index (χ1n) is 6.41. The number of carbonyl (C=O) groups excluding carboxylic acids is 2. The summed E-state index contributed by atoms with van der Waals surface area (Å²) in [6.45, 7) is 8.76. The van der Waals surface area contributed by atoms with Crippen LogP contribution in [0.3, 0.4) is 0 Å². The third-order valence-corrected chi connectivity index (χ3v) is 2.83. The third-order valence-electron chi connectivity index (χ3n) is 2.83. The van der Waals surface area contributed by atoms with Crippen molar-refractivity contribution in [2.24, 2.45) is 5.41 Å². The normalized spacial score (nSPS) is 11.1. The second kappa shape index (κ2) is 7.30. The zero-order valence-corrected chi connectivity index (χ0v) is 11.8. The molecule has 0 fully saturated rings. The first kappa shape index (κ1) is 15.9. The van der Waals surface area contributed by atoms with Crippen LogP contribution < -0.4 is 5.32 Å². The van der Waals surface area contributed by atoms with E-state index in [1.165, 1.54) is 0 Å². The van der Waals surface area contributed by atoms with Gasteiger partial charge in [0.15, 0.2) is 0 Å². The van der Waals surface area contributed by atoms with Crippen LogP contribution in [0.15, 0.2) is 0 Å². The smallest absolute Gasteiger partial charge is 0.237 e. The van der Waals surface area contributed by atoms with E-state index in [9.17, 15) is 9.59 Å². The van der Waals surface area contributed by atoms with Crippen molar-refractivity contribution in [1.82, 2.24) is 10.2 Å². The summed E-state index contributed by atoms with van der Waals surface area (Å²) in [7, 11) is 1.76. The lowest BCUT2D eigenvalue weighted by atomic mass is 9.90. The Morgan fingerprint density at radius 2 is 1.76 bits per heavy atom. The molecule has 1 N–H and O–H groups in total. The molecule has 4 heteroatoms. The molecule has 100 valence electrons. The second-order valence-corrected chi connectivity index (χ2v) is 4.96. The largest absolute Gasteiger partial charge is 0.355 e. The van der Waals surface area contributed by atoms with Gasteiger partial charge in [0.2, 0.25) is 11.8 Å².